The van der Waals surface area contributed by atoms with Crippen molar-refractivity contribution in [2.24, 2.45) is 0 Å². The van der Waals surface area contributed by atoms with E-state index in [1.54, 1.807) is 6.92 Å². The number of benzene rings is 1. The van der Waals surface area contributed by atoms with Crippen LogP contribution < -0.4 is 0 Å². The van der Waals surface area contributed by atoms with E-state index in [2.05, 4.69) is 0 Å². The van der Waals surface area contributed by atoms with Gasteiger partial charge in [0, 0.05) is 0 Å². The number of carboxylic acids is 1. The maximum absolute atomic E-state index is 11.7. The van der Waals surface area contributed by atoms with Gasteiger partial charge in [0.05, 0.1) is 0 Å². The molecule has 1 N–H and O–H groups in total. The van der Waals surface area contributed by atoms with Crippen LogP contribution in [0.4, 0.5) is 0 Å². The topological polar surface area (TPSA) is 40.5 Å². The largest absolute Gasteiger partial charge is 0.480 e. The fourth-order valence-corrected chi connectivity index (χ4v) is 2.25. The maximum atomic E-state index is 11.7. The maximum Gasteiger partial charge on any atom is 0.328 e. The number of carbonyl (C=O) groups is 1. The lowest BCUT2D eigenvalue weighted by Gasteiger charge is -2.37. The Kier molecular flexibility index (Phi) is 4.29. The van der Waals surface area contributed by atoms with Gasteiger partial charge in [0.1, 0.15) is 5.54 Å². The van der Waals surface area contributed by atoms with E-state index in [1.807, 2.05) is 49.9 Å². The lowest BCUT2D eigenvalue weighted by Crippen LogP contribution is -2.49. The highest BCUT2D eigenvalue weighted by atomic mass is 16.4. The van der Waals surface area contributed by atoms with Gasteiger partial charge >= 0.3 is 5.97 Å². The summed E-state index contributed by atoms with van der Waals surface area (Å²) in [5.41, 5.74) is 0.978. The summed E-state index contributed by atoms with van der Waals surface area (Å²) in [4.78, 5) is 13.6. The number of likely N-dealkylation sites (N-methyl/N-ethyl adjacent to an activating group) is 1. The Morgan fingerprint density at radius 1 is 1.35 bits per heavy atom. The van der Waals surface area contributed by atoms with Crippen LogP contribution in [0.3, 0.4) is 0 Å². The second-order valence-electron chi connectivity index (χ2n) is 4.42. The lowest BCUT2D eigenvalue weighted by atomic mass is 9.89. The summed E-state index contributed by atoms with van der Waals surface area (Å²) in [7, 11) is 0. The van der Waals surface area contributed by atoms with Crippen LogP contribution in [0.25, 0.3) is 0 Å². The van der Waals surface area contributed by atoms with Crippen LogP contribution in [-0.4, -0.2) is 29.1 Å². The Labute approximate surface area is 103 Å². The van der Waals surface area contributed by atoms with Gasteiger partial charge in [-0.15, -0.1) is 0 Å². The van der Waals surface area contributed by atoms with Crippen molar-refractivity contribution in [1.82, 2.24) is 4.90 Å². The number of rotatable bonds is 5. The molecule has 1 atom stereocenters. The molecule has 0 aliphatic heterocycles. The smallest absolute Gasteiger partial charge is 0.328 e. The average molecular weight is 235 g/mol. The van der Waals surface area contributed by atoms with Gasteiger partial charge in [-0.05, 0) is 32.5 Å². The summed E-state index contributed by atoms with van der Waals surface area (Å²) < 4.78 is 0. The minimum absolute atomic E-state index is 0.716. The molecule has 1 unspecified atom stereocenters. The summed E-state index contributed by atoms with van der Waals surface area (Å²) in [6.07, 6.45) is 0. The highest BCUT2D eigenvalue weighted by molar-refractivity contribution is 5.80. The van der Waals surface area contributed by atoms with Crippen LogP contribution in [-0.2, 0) is 10.3 Å². The summed E-state index contributed by atoms with van der Waals surface area (Å²) in [6, 6.07) is 7.73. The average Bonchev–Trinajstić information content (AvgIpc) is 2.30. The van der Waals surface area contributed by atoms with Gasteiger partial charge in [-0.1, -0.05) is 43.7 Å². The van der Waals surface area contributed by atoms with Gasteiger partial charge < -0.3 is 5.11 Å². The summed E-state index contributed by atoms with van der Waals surface area (Å²) in [6.45, 7) is 9.16. The van der Waals surface area contributed by atoms with Gasteiger partial charge in [0.2, 0.25) is 0 Å². The lowest BCUT2D eigenvalue weighted by molar-refractivity contribution is -0.151. The molecular weight excluding hydrogens is 214 g/mol. The molecular formula is C14H21NO2. The van der Waals surface area contributed by atoms with E-state index in [0.717, 1.165) is 11.1 Å². The number of hydrogen-bond acceptors (Lipinski definition) is 2. The van der Waals surface area contributed by atoms with Gasteiger partial charge in [-0.2, -0.15) is 0 Å². The predicted molar refractivity (Wildman–Crippen MR) is 69.1 cm³/mol. The standard InChI is InChI=1S/C14H21NO2/c1-5-15(6-2)14(4,13(16)17)12-9-7-8-11(3)10-12/h7-10H,5-6H2,1-4H3,(H,16,17). The third-order valence-corrected chi connectivity index (χ3v) is 3.39. The minimum atomic E-state index is -0.949. The third kappa shape index (κ3) is 2.50. The molecule has 0 radical (unpaired) electrons. The number of aliphatic carboxylic acids is 1. The molecule has 3 heteroatoms. The Bertz CT molecular complexity index is 399. The molecule has 0 aliphatic rings. The van der Waals surface area contributed by atoms with Crippen molar-refractivity contribution in [3.63, 3.8) is 0 Å². The molecule has 0 aliphatic carbocycles. The van der Waals surface area contributed by atoms with Gasteiger partial charge in [0.25, 0.3) is 0 Å². The zero-order chi connectivity index (χ0) is 13.1. The normalized spacial score (nSPS) is 14.6. The van der Waals surface area contributed by atoms with Crippen molar-refractivity contribution >= 4 is 5.97 Å². The zero-order valence-corrected chi connectivity index (χ0v) is 11.0. The monoisotopic (exact) mass is 235 g/mol. The van der Waals surface area contributed by atoms with Crippen LogP contribution in [0.15, 0.2) is 24.3 Å². The van der Waals surface area contributed by atoms with E-state index in [4.69, 9.17) is 0 Å². The van der Waals surface area contributed by atoms with Crippen molar-refractivity contribution < 1.29 is 9.90 Å². The predicted octanol–water partition coefficient (Wildman–Crippen LogP) is 2.64. The summed E-state index contributed by atoms with van der Waals surface area (Å²) >= 11 is 0. The fraction of sp³-hybridized carbons (Fsp3) is 0.500. The molecule has 3 nitrogen and oxygen atoms in total. The van der Waals surface area contributed by atoms with Crippen LogP contribution >= 0.6 is 0 Å². The molecule has 0 fully saturated rings. The Balaban J connectivity index is 3.29. The van der Waals surface area contributed by atoms with Gasteiger partial charge in [-0.3, -0.25) is 4.90 Å². The fourth-order valence-electron chi connectivity index (χ4n) is 2.25. The molecule has 1 aromatic rings. The Morgan fingerprint density at radius 3 is 2.35 bits per heavy atom. The SMILES string of the molecule is CCN(CC)C(C)(C(=O)O)c1cccc(C)c1. The van der Waals surface area contributed by atoms with Gasteiger partial charge in [-0.25, -0.2) is 4.79 Å². The minimum Gasteiger partial charge on any atom is -0.480 e. The first-order valence-electron chi connectivity index (χ1n) is 6.02. The third-order valence-electron chi connectivity index (χ3n) is 3.39. The van der Waals surface area contributed by atoms with E-state index in [1.165, 1.54) is 0 Å². The van der Waals surface area contributed by atoms with Crippen LogP contribution in [0.1, 0.15) is 31.9 Å². The van der Waals surface area contributed by atoms with E-state index in [0.29, 0.717) is 13.1 Å². The van der Waals surface area contributed by atoms with E-state index in [9.17, 15) is 9.90 Å². The van der Waals surface area contributed by atoms with Crippen molar-refractivity contribution in [2.45, 2.75) is 33.2 Å². The second-order valence-corrected chi connectivity index (χ2v) is 4.42. The Morgan fingerprint density at radius 2 is 1.94 bits per heavy atom. The molecule has 0 spiro atoms. The number of nitrogens with zero attached hydrogens (tertiary/aromatic N) is 1. The number of aryl methyl sites for hydroxylation is 1. The van der Waals surface area contributed by atoms with Crippen LogP contribution in [0.5, 0.6) is 0 Å². The molecule has 0 saturated heterocycles. The van der Waals surface area contributed by atoms with Crippen molar-refractivity contribution in [3.05, 3.63) is 35.4 Å². The molecule has 0 heterocycles. The first kappa shape index (κ1) is 13.7. The van der Waals surface area contributed by atoms with E-state index in [-0.39, 0.29) is 0 Å². The summed E-state index contributed by atoms with van der Waals surface area (Å²) in [5.74, 6) is -0.799. The molecule has 94 valence electrons. The molecule has 17 heavy (non-hydrogen) atoms. The quantitative estimate of drug-likeness (QED) is 0.853. The van der Waals surface area contributed by atoms with E-state index < -0.39 is 11.5 Å². The van der Waals surface area contributed by atoms with E-state index >= 15 is 0 Å². The van der Waals surface area contributed by atoms with Gasteiger partial charge in [0.15, 0.2) is 0 Å². The first-order chi connectivity index (χ1) is 7.96. The van der Waals surface area contributed by atoms with Crippen molar-refractivity contribution in [3.8, 4) is 0 Å². The van der Waals surface area contributed by atoms with Crippen molar-refractivity contribution in [2.75, 3.05) is 13.1 Å². The number of hydrogen-bond donors (Lipinski definition) is 1. The zero-order valence-electron chi connectivity index (χ0n) is 11.0. The highest BCUT2D eigenvalue weighted by Gasteiger charge is 2.39. The molecule has 0 bridgehead atoms. The Hall–Kier alpha value is -1.35. The molecule has 0 amide bonds. The van der Waals surface area contributed by atoms with Crippen LogP contribution in [0.2, 0.25) is 0 Å². The summed E-state index contributed by atoms with van der Waals surface area (Å²) in [5, 5.41) is 9.57. The van der Waals surface area contributed by atoms with Crippen LogP contribution in [0, 0.1) is 6.92 Å². The molecule has 0 saturated carbocycles. The molecule has 0 aromatic heterocycles. The molecule has 1 rings (SSSR count). The first-order valence-corrected chi connectivity index (χ1v) is 6.02. The molecule has 1 aromatic carbocycles. The van der Waals surface area contributed by atoms with Crippen molar-refractivity contribution in [1.29, 1.82) is 0 Å². The number of carboxylic acid groups (broad SMARTS) is 1. The second kappa shape index (κ2) is 5.32. The highest BCUT2D eigenvalue weighted by Crippen LogP contribution is 2.29.